The van der Waals surface area contributed by atoms with Gasteiger partial charge in [0.25, 0.3) is 5.69 Å². The molecule has 3 rings (SSSR count). The normalized spacial score (nSPS) is 10.8. The van der Waals surface area contributed by atoms with Crippen LogP contribution < -0.4 is 5.32 Å². The minimum absolute atomic E-state index is 0.0164. The fourth-order valence-electron chi connectivity index (χ4n) is 2.43. The number of amides is 1. The molecule has 26 heavy (non-hydrogen) atoms. The largest absolute Gasteiger partial charge is 0.348 e. The Morgan fingerprint density at radius 3 is 2.65 bits per heavy atom. The Balaban J connectivity index is 1.62. The van der Waals surface area contributed by atoms with E-state index >= 15 is 0 Å². The second-order valence-corrected chi connectivity index (χ2v) is 5.50. The summed E-state index contributed by atoms with van der Waals surface area (Å²) in [5, 5.41) is 13.5. The molecule has 0 radical (unpaired) electrons. The summed E-state index contributed by atoms with van der Waals surface area (Å²) in [6, 6.07) is 13.7. The monoisotopic (exact) mass is 348 g/mol. The van der Waals surface area contributed by atoms with E-state index < -0.39 is 4.92 Å². The van der Waals surface area contributed by atoms with Crippen molar-refractivity contribution in [2.24, 2.45) is 0 Å². The van der Waals surface area contributed by atoms with E-state index in [1.165, 1.54) is 18.2 Å². The molecule has 0 saturated carbocycles. The molecule has 0 bridgehead atoms. The van der Waals surface area contributed by atoms with E-state index in [2.05, 4.69) is 10.3 Å². The second kappa shape index (κ2) is 7.89. The minimum atomic E-state index is -0.460. The van der Waals surface area contributed by atoms with E-state index in [0.717, 1.165) is 11.3 Å². The fourth-order valence-corrected chi connectivity index (χ4v) is 2.43. The van der Waals surface area contributed by atoms with Crippen LogP contribution in [0.1, 0.15) is 11.1 Å². The fraction of sp³-hybridized carbons (Fsp3) is 0.0526. The third kappa shape index (κ3) is 4.21. The van der Waals surface area contributed by atoms with Gasteiger partial charge in [-0.05, 0) is 35.4 Å². The van der Waals surface area contributed by atoms with Gasteiger partial charge in [-0.15, -0.1) is 0 Å². The lowest BCUT2D eigenvalue weighted by Gasteiger charge is -2.10. The quantitative estimate of drug-likeness (QED) is 0.421. The van der Waals surface area contributed by atoms with Crippen LogP contribution in [-0.4, -0.2) is 20.4 Å². The number of imidazole rings is 1. The predicted octanol–water partition coefficient (Wildman–Crippen LogP) is 3.11. The number of non-ortho nitro benzene ring substituents is 1. The van der Waals surface area contributed by atoms with Crippen molar-refractivity contribution in [3.63, 3.8) is 0 Å². The molecular weight excluding hydrogens is 332 g/mol. The lowest BCUT2D eigenvalue weighted by atomic mass is 10.1. The molecule has 2 aromatic carbocycles. The van der Waals surface area contributed by atoms with E-state index in [0.29, 0.717) is 12.1 Å². The number of carbonyl (C=O) groups excluding carboxylic acids is 1. The third-order valence-corrected chi connectivity index (χ3v) is 3.76. The number of hydrogen-bond donors (Lipinski definition) is 1. The van der Waals surface area contributed by atoms with Gasteiger partial charge in [-0.25, -0.2) is 4.98 Å². The highest BCUT2D eigenvalue weighted by atomic mass is 16.6. The molecule has 0 saturated heterocycles. The highest BCUT2D eigenvalue weighted by Crippen LogP contribution is 2.14. The van der Waals surface area contributed by atoms with E-state index in [1.54, 1.807) is 30.7 Å². The van der Waals surface area contributed by atoms with Crippen molar-refractivity contribution in [1.82, 2.24) is 14.9 Å². The van der Waals surface area contributed by atoms with E-state index in [1.807, 2.05) is 35.0 Å². The number of nitro benzene ring substituents is 1. The Bertz CT molecular complexity index is 932. The van der Waals surface area contributed by atoms with Crippen LogP contribution in [0, 0.1) is 10.1 Å². The van der Waals surface area contributed by atoms with Crippen molar-refractivity contribution in [2.75, 3.05) is 0 Å². The van der Waals surface area contributed by atoms with E-state index in [4.69, 9.17) is 0 Å². The molecule has 7 nitrogen and oxygen atoms in total. The second-order valence-electron chi connectivity index (χ2n) is 5.50. The van der Waals surface area contributed by atoms with Gasteiger partial charge in [0.1, 0.15) is 0 Å². The lowest BCUT2D eigenvalue weighted by Crippen LogP contribution is -2.21. The standard InChI is InChI=1S/C19H16N4O3/c24-19(10-7-15-5-8-17(9-6-15)23(25)26)21-13-16-3-1-2-4-18(16)22-12-11-20-14-22/h1-12,14H,13H2,(H,21,24)/b10-7+. The molecule has 3 aromatic rings. The third-order valence-electron chi connectivity index (χ3n) is 3.76. The highest BCUT2D eigenvalue weighted by Gasteiger charge is 2.05. The van der Waals surface area contributed by atoms with Crippen LogP contribution in [0.25, 0.3) is 11.8 Å². The number of nitrogens with one attached hydrogen (secondary N) is 1. The molecule has 1 aromatic heterocycles. The zero-order valence-corrected chi connectivity index (χ0v) is 13.8. The Morgan fingerprint density at radius 2 is 1.96 bits per heavy atom. The van der Waals surface area contributed by atoms with E-state index in [-0.39, 0.29) is 11.6 Å². The van der Waals surface area contributed by atoms with Crippen molar-refractivity contribution >= 4 is 17.7 Å². The molecular formula is C19H16N4O3. The summed E-state index contributed by atoms with van der Waals surface area (Å²) in [5.41, 5.74) is 2.64. The van der Waals surface area contributed by atoms with Gasteiger partial charge >= 0.3 is 0 Å². The maximum absolute atomic E-state index is 12.0. The Morgan fingerprint density at radius 1 is 1.19 bits per heavy atom. The van der Waals surface area contributed by atoms with Crippen LogP contribution in [0.3, 0.4) is 0 Å². The Kier molecular flexibility index (Phi) is 5.19. The number of rotatable bonds is 6. The van der Waals surface area contributed by atoms with Crippen LogP contribution in [0.2, 0.25) is 0 Å². The first-order valence-corrected chi connectivity index (χ1v) is 7.90. The molecule has 0 aliphatic rings. The Hall–Kier alpha value is -3.74. The number of hydrogen-bond acceptors (Lipinski definition) is 4. The molecule has 0 spiro atoms. The molecule has 7 heteroatoms. The minimum Gasteiger partial charge on any atom is -0.348 e. The lowest BCUT2D eigenvalue weighted by molar-refractivity contribution is -0.384. The van der Waals surface area contributed by atoms with Gasteiger partial charge in [0.05, 0.1) is 16.9 Å². The summed E-state index contributed by atoms with van der Waals surface area (Å²) in [6.07, 6.45) is 8.26. The van der Waals surface area contributed by atoms with Gasteiger partial charge in [-0.3, -0.25) is 14.9 Å². The topological polar surface area (TPSA) is 90.1 Å². The number of benzene rings is 2. The van der Waals surface area contributed by atoms with Crippen molar-refractivity contribution in [1.29, 1.82) is 0 Å². The molecule has 0 aliphatic carbocycles. The van der Waals surface area contributed by atoms with Crippen LogP contribution in [0.4, 0.5) is 5.69 Å². The van der Waals surface area contributed by atoms with Gasteiger partial charge in [0, 0.05) is 37.1 Å². The molecule has 130 valence electrons. The average Bonchev–Trinajstić information content (AvgIpc) is 3.20. The first-order chi connectivity index (χ1) is 12.6. The number of nitro groups is 1. The SMILES string of the molecule is O=C(/C=C/c1ccc([N+](=O)[O-])cc1)NCc1ccccc1-n1ccnc1. The van der Waals surface area contributed by atoms with Crippen LogP contribution in [0.15, 0.2) is 73.3 Å². The van der Waals surface area contributed by atoms with Crippen molar-refractivity contribution < 1.29 is 9.72 Å². The summed E-state index contributed by atoms with van der Waals surface area (Å²) >= 11 is 0. The predicted molar refractivity (Wildman–Crippen MR) is 97.5 cm³/mol. The van der Waals surface area contributed by atoms with Gasteiger partial charge in [0.2, 0.25) is 5.91 Å². The van der Waals surface area contributed by atoms with Crippen molar-refractivity contribution in [3.8, 4) is 5.69 Å². The summed E-state index contributed by atoms with van der Waals surface area (Å²) in [6.45, 7) is 0.373. The molecule has 0 aliphatic heterocycles. The van der Waals surface area contributed by atoms with Crippen LogP contribution in [-0.2, 0) is 11.3 Å². The average molecular weight is 348 g/mol. The molecule has 0 fully saturated rings. The van der Waals surface area contributed by atoms with Gasteiger partial charge in [-0.1, -0.05) is 18.2 Å². The zero-order chi connectivity index (χ0) is 18.4. The maximum Gasteiger partial charge on any atom is 0.269 e. The summed E-state index contributed by atoms with van der Waals surface area (Å²) in [4.78, 5) is 26.2. The number of nitrogens with zero attached hydrogens (tertiary/aromatic N) is 3. The zero-order valence-electron chi connectivity index (χ0n) is 13.8. The molecule has 1 amide bonds. The van der Waals surface area contributed by atoms with Crippen molar-refractivity contribution in [3.05, 3.63) is 94.6 Å². The summed E-state index contributed by atoms with van der Waals surface area (Å²) < 4.78 is 1.88. The molecule has 0 unspecified atom stereocenters. The van der Waals surface area contributed by atoms with Crippen LogP contribution >= 0.6 is 0 Å². The van der Waals surface area contributed by atoms with Crippen LogP contribution in [0.5, 0.6) is 0 Å². The number of para-hydroxylation sites is 1. The summed E-state index contributed by atoms with van der Waals surface area (Å²) in [5.74, 6) is -0.246. The van der Waals surface area contributed by atoms with Gasteiger partial charge in [0.15, 0.2) is 0 Å². The molecule has 1 heterocycles. The van der Waals surface area contributed by atoms with Crippen molar-refractivity contribution in [2.45, 2.75) is 6.54 Å². The van der Waals surface area contributed by atoms with Gasteiger partial charge in [-0.2, -0.15) is 0 Å². The van der Waals surface area contributed by atoms with Gasteiger partial charge < -0.3 is 9.88 Å². The smallest absolute Gasteiger partial charge is 0.269 e. The number of carbonyl (C=O) groups is 1. The summed E-state index contributed by atoms with van der Waals surface area (Å²) in [7, 11) is 0. The molecule has 0 atom stereocenters. The first-order valence-electron chi connectivity index (χ1n) is 7.90. The first kappa shape index (κ1) is 17.1. The van der Waals surface area contributed by atoms with E-state index in [9.17, 15) is 14.9 Å². The highest BCUT2D eigenvalue weighted by molar-refractivity contribution is 5.91. The molecule has 1 N–H and O–H groups in total. The Labute approximate surface area is 149 Å². The number of aromatic nitrogens is 2. The maximum atomic E-state index is 12.0.